The Hall–Kier alpha value is -1.30. The van der Waals surface area contributed by atoms with Crippen LogP contribution >= 0.6 is 0 Å². The van der Waals surface area contributed by atoms with Crippen LogP contribution in [-0.4, -0.2) is 39.2 Å². The van der Waals surface area contributed by atoms with Crippen molar-refractivity contribution in [1.29, 1.82) is 0 Å². The minimum Gasteiger partial charge on any atom is -0.381 e. The third kappa shape index (κ3) is 1.79. The number of aromatic nitrogens is 4. The first-order valence-electron chi connectivity index (χ1n) is 4.63. The Labute approximate surface area is 81.2 Å². The molecule has 1 saturated heterocycles. The summed E-state index contributed by atoms with van der Waals surface area (Å²) in [4.78, 5) is 13.1. The maximum Gasteiger partial charge on any atom is 0.240 e. The van der Waals surface area contributed by atoms with Gasteiger partial charge in [-0.3, -0.25) is 4.79 Å². The summed E-state index contributed by atoms with van der Waals surface area (Å²) in [7, 11) is 1.65. The second-order valence-electron chi connectivity index (χ2n) is 3.35. The van der Waals surface area contributed by atoms with E-state index in [4.69, 9.17) is 4.74 Å². The van der Waals surface area contributed by atoms with Crippen molar-refractivity contribution < 1.29 is 9.53 Å². The van der Waals surface area contributed by atoms with Crippen LogP contribution in [0.3, 0.4) is 0 Å². The molecule has 2 rings (SSSR count). The van der Waals surface area contributed by atoms with Gasteiger partial charge in [-0.2, -0.15) is 4.80 Å². The summed E-state index contributed by atoms with van der Waals surface area (Å²) in [5, 5.41) is 11.2. The summed E-state index contributed by atoms with van der Waals surface area (Å²) < 4.78 is 5.18. The largest absolute Gasteiger partial charge is 0.381 e. The van der Waals surface area contributed by atoms with Crippen LogP contribution in [0.15, 0.2) is 0 Å². The number of nitrogens with zero attached hydrogens (tertiary/aromatic N) is 4. The molecule has 0 unspecified atom stereocenters. The molecule has 14 heavy (non-hydrogen) atoms. The minimum atomic E-state index is -0.0126. The number of hydrogen-bond acceptors (Lipinski definition) is 5. The normalized spacial score (nSPS) is 18.4. The average Bonchev–Trinajstić information content (AvgIpc) is 2.65. The topological polar surface area (TPSA) is 69.9 Å². The van der Waals surface area contributed by atoms with Gasteiger partial charge in [-0.05, 0) is 18.1 Å². The highest BCUT2D eigenvalue weighted by atomic mass is 16.5. The third-order valence-corrected chi connectivity index (χ3v) is 2.32. The van der Waals surface area contributed by atoms with Crippen LogP contribution in [0.4, 0.5) is 0 Å². The van der Waals surface area contributed by atoms with Crippen LogP contribution in [0, 0.1) is 5.92 Å². The van der Waals surface area contributed by atoms with Crippen molar-refractivity contribution in [3.63, 3.8) is 0 Å². The number of carbonyl (C=O) groups excluding carboxylic acids is 1. The fraction of sp³-hybridized carbons (Fsp3) is 0.750. The zero-order valence-electron chi connectivity index (χ0n) is 8.01. The Kier molecular flexibility index (Phi) is 2.53. The number of aryl methyl sites for hydroxylation is 1. The quantitative estimate of drug-likeness (QED) is 0.613. The molecule has 0 atom stereocenters. The summed E-state index contributed by atoms with van der Waals surface area (Å²) >= 11 is 0. The average molecular weight is 196 g/mol. The predicted molar refractivity (Wildman–Crippen MR) is 46.7 cm³/mol. The van der Waals surface area contributed by atoms with E-state index in [9.17, 15) is 4.79 Å². The van der Waals surface area contributed by atoms with E-state index in [2.05, 4.69) is 15.4 Å². The Morgan fingerprint density at radius 2 is 2.21 bits per heavy atom. The molecule has 0 aromatic carbocycles. The molecule has 0 bridgehead atoms. The highest BCUT2D eigenvalue weighted by molar-refractivity contribution is 5.94. The van der Waals surface area contributed by atoms with E-state index in [1.54, 1.807) is 7.05 Å². The van der Waals surface area contributed by atoms with Crippen LogP contribution in [-0.2, 0) is 11.8 Å². The lowest BCUT2D eigenvalue weighted by Crippen LogP contribution is -2.24. The van der Waals surface area contributed by atoms with E-state index in [0.717, 1.165) is 12.8 Å². The molecule has 0 amide bonds. The van der Waals surface area contributed by atoms with Gasteiger partial charge in [-0.25, -0.2) is 0 Å². The van der Waals surface area contributed by atoms with Gasteiger partial charge in [0.05, 0.1) is 7.05 Å². The third-order valence-electron chi connectivity index (χ3n) is 2.32. The minimum absolute atomic E-state index is 0.00736. The van der Waals surface area contributed by atoms with Gasteiger partial charge in [-0.15, -0.1) is 10.2 Å². The molecule has 0 aliphatic carbocycles. The van der Waals surface area contributed by atoms with Crippen LogP contribution in [0.2, 0.25) is 0 Å². The number of carbonyl (C=O) groups is 1. The van der Waals surface area contributed by atoms with E-state index < -0.39 is 0 Å². The number of Topliss-reactive ketones (excluding diaryl/α,β-unsaturated/α-hetero) is 1. The second kappa shape index (κ2) is 3.83. The Balaban J connectivity index is 2.07. The van der Waals surface area contributed by atoms with E-state index in [-0.39, 0.29) is 17.5 Å². The number of tetrazole rings is 1. The molecule has 1 aromatic rings. The highest BCUT2D eigenvalue weighted by Crippen LogP contribution is 2.17. The monoisotopic (exact) mass is 196 g/mol. The Morgan fingerprint density at radius 1 is 1.50 bits per heavy atom. The van der Waals surface area contributed by atoms with Gasteiger partial charge in [-0.1, -0.05) is 0 Å². The van der Waals surface area contributed by atoms with Crippen molar-refractivity contribution >= 4 is 5.78 Å². The first-order valence-corrected chi connectivity index (χ1v) is 4.63. The molecule has 0 saturated carbocycles. The Morgan fingerprint density at radius 3 is 2.79 bits per heavy atom. The highest BCUT2D eigenvalue weighted by Gasteiger charge is 2.25. The molecule has 1 aliphatic rings. The number of rotatable bonds is 2. The molecule has 1 aromatic heterocycles. The number of ether oxygens (including phenoxy) is 1. The van der Waals surface area contributed by atoms with Crippen LogP contribution in [0.25, 0.3) is 0 Å². The van der Waals surface area contributed by atoms with Gasteiger partial charge in [0.1, 0.15) is 0 Å². The zero-order chi connectivity index (χ0) is 9.97. The van der Waals surface area contributed by atoms with Crippen molar-refractivity contribution in [2.24, 2.45) is 13.0 Å². The number of ketones is 1. The fourth-order valence-electron chi connectivity index (χ4n) is 1.53. The molecule has 2 heterocycles. The lowest BCUT2D eigenvalue weighted by atomic mass is 9.95. The van der Waals surface area contributed by atoms with Crippen molar-refractivity contribution in [2.75, 3.05) is 13.2 Å². The first-order chi connectivity index (χ1) is 6.77. The zero-order valence-corrected chi connectivity index (χ0v) is 8.01. The van der Waals surface area contributed by atoms with Crippen LogP contribution in [0.5, 0.6) is 0 Å². The van der Waals surface area contributed by atoms with Crippen molar-refractivity contribution in [2.45, 2.75) is 12.8 Å². The predicted octanol–water partition coefficient (Wildman–Crippen LogP) is -0.181. The van der Waals surface area contributed by atoms with Gasteiger partial charge < -0.3 is 4.74 Å². The summed E-state index contributed by atoms with van der Waals surface area (Å²) in [5.74, 6) is 0.216. The summed E-state index contributed by atoms with van der Waals surface area (Å²) in [6.07, 6.45) is 1.52. The first kappa shape index (κ1) is 9.26. The smallest absolute Gasteiger partial charge is 0.240 e. The Bertz CT molecular complexity index is 330. The molecule has 1 fully saturated rings. The van der Waals surface area contributed by atoms with E-state index in [1.807, 2.05) is 0 Å². The molecule has 76 valence electrons. The summed E-state index contributed by atoms with van der Waals surface area (Å²) in [6, 6.07) is 0. The van der Waals surface area contributed by atoms with Crippen LogP contribution < -0.4 is 0 Å². The molecule has 0 spiro atoms. The molecule has 6 nitrogen and oxygen atoms in total. The van der Waals surface area contributed by atoms with Gasteiger partial charge in [0, 0.05) is 19.1 Å². The van der Waals surface area contributed by atoms with E-state index >= 15 is 0 Å². The van der Waals surface area contributed by atoms with Gasteiger partial charge in [0.2, 0.25) is 11.6 Å². The second-order valence-corrected chi connectivity index (χ2v) is 3.35. The van der Waals surface area contributed by atoms with Crippen molar-refractivity contribution in [3.05, 3.63) is 5.82 Å². The van der Waals surface area contributed by atoms with Crippen molar-refractivity contribution in [1.82, 2.24) is 20.2 Å². The molecular weight excluding hydrogens is 184 g/mol. The van der Waals surface area contributed by atoms with Gasteiger partial charge in [0.25, 0.3) is 0 Å². The van der Waals surface area contributed by atoms with E-state index in [0.29, 0.717) is 13.2 Å². The standard InChI is InChI=1S/C8H12N4O2/c1-12-10-8(9-11-12)7(13)6-2-4-14-5-3-6/h6H,2-5H2,1H3. The van der Waals surface area contributed by atoms with Gasteiger partial charge in [0.15, 0.2) is 0 Å². The molecule has 1 aliphatic heterocycles. The molecule has 0 radical (unpaired) electrons. The van der Waals surface area contributed by atoms with Crippen molar-refractivity contribution in [3.8, 4) is 0 Å². The maximum atomic E-state index is 11.8. The SMILES string of the molecule is Cn1nnc(C(=O)C2CCOCC2)n1. The van der Waals surface area contributed by atoms with Crippen LogP contribution in [0.1, 0.15) is 23.5 Å². The molecular formula is C8H12N4O2. The lowest BCUT2D eigenvalue weighted by Gasteiger charge is -2.18. The lowest BCUT2D eigenvalue weighted by molar-refractivity contribution is 0.0538. The molecule has 0 N–H and O–H groups in total. The van der Waals surface area contributed by atoms with E-state index in [1.165, 1.54) is 4.80 Å². The maximum absolute atomic E-state index is 11.8. The molecule has 6 heteroatoms. The number of hydrogen-bond donors (Lipinski definition) is 0. The summed E-state index contributed by atoms with van der Waals surface area (Å²) in [5.41, 5.74) is 0. The fourth-order valence-corrected chi connectivity index (χ4v) is 1.53. The summed E-state index contributed by atoms with van der Waals surface area (Å²) in [6.45, 7) is 1.30. The van der Waals surface area contributed by atoms with Gasteiger partial charge >= 0.3 is 0 Å².